The van der Waals surface area contributed by atoms with E-state index in [0.717, 1.165) is 7.11 Å². The minimum Gasteiger partial charge on any atom is -0.462 e. The van der Waals surface area contributed by atoms with Crippen molar-refractivity contribution in [3.63, 3.8) is 0 Å². The standard InChI is InChI=1S/C8H11N3O3/c1-5-6(4-11(2)10-5)9-7(12)8(13)14-3/h4H,1-3H3,(H,9,12). The van der Waals surface area contributed by atoms with Crippen LogP contribution in [-0.4, -0.2) is 28.8 Å². The molecule has 1 heterocycles. The molecule has 0 spiro atoms. The van der Waals surface area contributed by atoms with Crippen LogP contribution in [0.5, 0.6) is 0 Å². The Morgan fingerprint density at radius 3 is 2.64 bits per heavy atom. The van der Waals surface area contributed by atoms with Crippen molar-refractivity contribution in [1.29, 1.82) is 0 Å². The average Bonchev–Trinajstić information content (AvgIpc) is 2.44. The summed E-state index contributed by atoms with van der Waals surface area (Å²) in [6, 6.07) is 0. The number of amides is 1. The number of aromatic nitrogens is 2. The Kier molecular flexibility index (Phi) is 2.85. The molecule has 0 radical (unpaired) electrons. The molecule has 1 N–H and O–H groups in total. The van der Waals surface area contributed by atoms with Crippen LogP contribution in [0.15, 0.2) is 6.20 Å². The van der Waals surface area contributed by atoms with Crippen molar-refractivity contribution in [2.24, 2.45) is 7.05 Å². The molecule has 0 atom stereocenters. The molecule has 0 aliphatic carbocycles. The van der Waals surface area contributed by atoms with Gasteiger partial charge in [0.1, 0.15) is 0 Å². The highest BCUT2D eigenvalue weighted by atomic mass is 16.5. The van der Waals surface area contributed by atoms with Gasteiger partial charge in [-0.1, -0.05) is 0 Å². The van der Waals surface area contributed by atoms with E-state index in [1.54, 1.807) is 24.9 Å². The van der Waals surface area contributed by atoms with Crippen molar-refractivity contribution >= 4 is 17.6 Å². The molecule has 0 bridgehead atoms. The molecule has 0 unspecified atom stereocenters. The molecular formula is C8H11N3O3. The van der Waals surface area contributed by atoms with Crippen LogP contribution in [-0.2, 0) is 21.4 Å². The Morgan fingerprint density at radius 1 is 1.57 bits per heavy atom. The molecule has 0 aliphatic heterocycles. The Balaban J connectivity index is 2.74. The summed E-state index contributed by atoms with van der Waals surface area (Å²) in [6.45, 7) is 1.73. The number of nitrogens with zero attached hydrogens (tertiary/aromatic N) is 2. The third kappa shape index (κ3) is 2.09. The zero-order valence-electron chi connectivity index (χ0n) is 8.20. The predicted molar refractivity (Wildman–Crippen MR) is 48.6 cm³/mol. The number of carbonyl (C=O) groups is 2. The number of aryl methyl sites for hydroxylation is 2. The summed E-state index contributed by atoms with van der Waals surface area (Å²) in [6.07, 6.45) is 1.61. The number of anilines is 1. The van der Waals surface area contributed by atoms with Crippen LogP contribution in [0.1, 0.15) is 5.69 Å². The van der Waals surface area contributed by atoms with Crippen molar-refractivity contribution in [3.05, 3.63) is 11.9 Å². The van der Waals surface area contributed by atoms with Gasteiger partial charge >= 0.3 is 11.9 Å². The second kappa shape index (κ2) is 3.91. The van der Waals surface area contributed by atoms with Gasteiger partial charge in [-0.05, 0) is 6.92 Å². The third-order valence-electron chi connectivity index (χ3n) is 1.63. The number of hydrogen-bond donors (Lipinski definition) is 1. The fourth-order valence-corrected chi connectivity index (χ4v) is 0.988. The monoisotopic (exact) mass is 197 g/mol. The molecule has 0 saturated heterocycles. The molecule has 1 rings (SSSR count). The van der Waals surface area contributed by atoms with Gasteiger partial charge in [0.05, 0.1) is 18.5 Å². The lowest BCUT2D eigenvalue weighted by Gasteiger charge is -2.00. The molecule has 1 amide bonds. The van der Waals surface area contributed by atoms with E-state index in [9.17, 15) is 9.59 Å². The van der Waals surface area contributed by atoms with Crippen molar-refractivity contribution in [2.45, 2.75) is 6.92 Å². The van der Waals surface area contributed by atoms with E-state index in [0.29, 0.717) is 11.4 Å². The quantitative estimate of drug-likeness (QED) is 0.501. The molecule has 1 aromatic heterocycles. The predicted octanol–water partition coefficient (Wildman–Crippen LogP) is -0.160. The summed E-state index contributed by atoms with van der Waals surface area (Å²) in [5.74, 6) is -1.73. The zero-order valence-corrected chi connectivity index (χ0v) is 8.20. The normalized spacial score (nSPS) is 9.64. The molecule has 0 aromatic carbocycles. The fourth-order valence-electron chi connectivity index (χ4n) is 0.988. The number of esters is 1. The summed E-state index contributed by atoms with van der Waals surface area (Å²) < 4.78 is 5.80. The third-order valence-corrected chi connectivity index (χ3v) is 1.63. The molecule has 14 heavy (non-hydrogen) atoms. The van der Waals surface area contributed by atoms with Gasteiger partial charge < -0.3 is 10.1 Å². The summed E-state index contributed by atoms with van der Waals surface area (Å²) in [7, 11) is 2.87. The van der Waals surface area contributed by atoms with Gasteiger partial charge in [-0.25, -0.2) is 4.79 Å². The van der Waals surface area contributed by atoms with Crippen LogP contribution in [0, 0.1) is 6.92 Å². The van der Waals surface area contributed by atoms with E-state index in [1.165, 1.54) is 0 Å². The fraction of sp³-hybridized carbons (Fsp3) is 0.375. The van der Waals surface area contributed by atoms with Gasteiger partial charge in [-0.3, -0.25) is 9.48 Å². The first kappa shape index (κ1) is 10.2. The lowest BCUT2D eigenvalue weighted by Crippen LogP contribution is -2.23. The van der Waals surface area contributed by atoms with Crippen molar-refractivity contribution in [2.75, 3.05) is 12.4 Å². The van der Waals surface area contributed by atoms with Crippen molar-refractivity contribution < 1.29 is 14.3 Å². The van der Waals surface area contributed by atoms with Gasteiger partial charge in [0, 0.05) is 13.2 Å². The number of ether oxygens (including phenoxy) is 1. The number of rotatable bonds is 1. The number of methoxy groups -OCH3 is 1. The average molecular weight is 197 g/mol. The smallest absolute Gasteiger partial charge is 0.396 e. The molecule has 0 saturated carbocycles. The van der Waals surface area contributed by atoms with E-state index in [2.05, 4.69) is 15.2 Å². The zero-order chi connectivity index (χ0) is 10.7. The van der Waals surface area contributed by atoms with Crippen molar-refractivity contribution in [1.82, 2.24) is 9.78 Å². The van der Waals surface area contributed by atoms with E-state index in [-0.39, 0.29) is 0 Å². The SMILES string of the molecule is COC(=O)C(=O)Nc1cn(C)nc1C. The second-order valence-corrected chi connectivity index (χ2v) is 2.75. The highest BCUT2D eigenvalue weighted by Crippen LogP contribution is 2.10. The van der Waals surface area contributed by atoms with Crippen LogP contribution in [0.4, 0.5) is 5.69 Å². The first-order chi connectivity index (χ1) is 6.54. The number of nitrogens with one attached hydrogen (secondary N) is 1. The summed E-state index contributed by atoms with van der Waals surface area (Å²) in [5, 5.41) is 6.38. The highest BCUT2D eigenvalue weighted by molar-refractivity contribution is 6.37. The van der Waals surface area contributed by atoms with Crippen LogP contribution < -0.4 is 5.32 Å². The Labute approximate surface area is 80.8 Å². The maximum absolute atomic E-state index is 11.1. The summed E-state index contributed by atoms with van der Waals surface area (Å²) in [4.78, 5) is 21.9. The van der Waals surface area contributed by atoms with Crippen LogP contribution in [0.2, 0.25) is 0 Å². The van der Waals surface area contributed by atoms with Crippen LogP contribution in [0.3, 0.4) is 0 Å². The highest BCUT2D eigenvalue weighted by Gasteiger charge is 2.15. The molecular weight excluding hydrogens is 186 g/mol. The molecule has 0 fully saturated rings. The van der Waals surface area contributed by atoms with E-state index in [4.69, 9.17) is 0 Å². The Bertz CT molecular complexity index is 370. The van der Waals surface area contributed by atoms with E-state index >= 15 is 0 Å². The van der Waals surface area contributed by atoms with Crippen molar-refractivity contribution in [3.8, 4) is 0 Å². The van der Waals surface area contributed by atoms with Gasteiger partial charge in [-0.15, -0.1) is 0 Å². The minimum absolute atomic E-state index is 0.503. The molecule has 6 heteroatoms. The number of carbonyl (C=O) groups excluding carboxylic acids is 2. The van der Waals surface area contributed by atoms with Crippen LogP contribution >= 0.6 is 0 Å². The first-order valence-electron chi connectivity index (χ1n) is 3.94. The minimum atomic E-state index is -0.923. The van der Waals surface area contributed by atoms with Gasteiger partial charge in [0.15, 0.2) is 0 Å². The topological polar surface area (TPSA) is 73.2 Å². The molecule has 1 aromatic rings. The van der Waals surface area contributed by atoms with Gasteiger partial charge in [0.2, 0.25) is 0 Å². The van der Waals surface area contributed by atoms with Crippen LogP contribution in [0.25, 0.3) is 0 Å². The molecule has 76 valence electrons. The van der Waals surface area contributed by atoms with E-state index in [1.807, 2.05) is 0 Å². The van der Waals surface area contributed by atoms with Gasteiger partial charge in [-0.2, -0.15) is 5.10 Å². The summed E-state index contributed by atoms with van der Waals surface area (Å²) >= 11 is 0. The van der Waals surface area contributed by atoms with E-state index < -0.39 is 11.9 Å². The Morgan fingerprint density at radius 2 is 2.21 bits per heavy atom. The lowest BCUT2D eigenvalue weighted by molar-refractivity contribution is -0.150. The molecule has 0 aliphatic rings. The van der Waals surface area contributed by atoms with Gasteiger partial charge in [0.25, 0.3) is 0 Å². The Hall–Kier alpha value is -1.85. The first-order valence-corrected chi connectivity index (χ1v) is 3.94. The molecule has 6 nitrogen and oxygen atoms in total. The maximum atomic E-state index is 11.1. The second-order valence-electron chi connectivity index (χ2n) is 2.75. The summed E-state index contributed by atoms with van der Waals surface area (Å²) in [5.41, 5.74) is 1.15. The number of hydrogen-bond acceptors (Lipinski definition) is 4. The largest absolute Gasteiger partial charge is 0.462 e. The lowest BCUT2D eigenvalue weighted by atomic mass is 10.4. The maximum Gasteiger partial charge on any atom is 0.396 e.